The predicted molar refractivity (Wildman–Crippen MR) is 113 cm³/mol. The molecule has 3 aromatic carbocycles. The fourth-order valence-corrected chi connectivity index (χ4v) is 3.31. The molecule has 0 aromatic heterocycles. The largest absolute Gasteiger partial charge is 0.335 e. The Kier molecular flexibility index (Phi) is 4.68. The summed E-state index contributed by atoms with van der Waals surface area (Å²) < 4.78 is 0. The molecule has 0 aliphatic carbocycles. The summed E-state index contributed by atoms with van der Waals surface area (Å²) in [5.74, 6) is -2.48. The van der Waals surface area contributed by atoms with E-state index >= 15 is 0 Å². The van der Waals surface area contributed by atoms with E-state index in [2.05, 4.69) is 10.3 Å². The van der Waals surface area contributed by atoms with E-state index in [4.69, 9.17) is 0 Å². The molecule has 144 valence electrons. The van der Waals surface area contributed by atoms with Gasteiger partial charge in [0.25, 0.3) is 5.91 Å². The second-order valence-electron chi connectivity index (χ2n) is 6.99. The molecule has 29 heavy (non-hydrogen) atoms. The van der Waals surface area contributed by atoms with Gasteiger partial charge in [-0.3, -0.25) is 19.9 Å². The van der Waals surface area contributed by atoms with E-state index in [9.17, 15) is 14.4 Å². The fourth-order valence-electron chi connectivity index (χ4n) is 3.31. The maximum Gasteiger partial charge on any atom is 0.335 e. The molecule has 6 nitrogen and oxygen atoms in total. The van der Waals surface area contributed by atoms with Gasteiger partial charge in [0.05, 0.1) is 11.4 Å². The molecule has 1 unspecified atom stereocenters. The molecule has 1 aliphatic rings. The van der Waals surface area contributed by atoms with Crippen LogP contribution in [-0.2, 0) is 9.59 Å². The van der Waals surface area contributed by atoms with Crippen LogP contribution in [0.25, 0.3) is 10.8 Å². The number of amides is 4. The maximum absolute atomic E-state index is 13.0. The number of nitrogens with zero attached hydrogens (tertiary/aromatic N) is 2. The van der Waals surface area contributed by atoms with Gasteiger partial charge >= 0.3 is 6.03 Å². The Balaban J connectivity index is 1.68. The van der Waals surface area contributed by atoms with Gasteiger partial charge in [0, 0.05) is 11.6 Å². The second-order valence-corrected chi connectivity index (χ2v) is 6.99. The maximum atomic E-state index is 13.0. The molecular formula is C23H19N3O3. The molecule has 1 N–H and O–H groups in total. The van der Waals surface area contributed by atoms with E-state index in [1.807, 2.05) is 62.4 Å². The van der Waals surface area contributed by atoms with Crippen LogP contribution in [0.15, 0.2) is 65.7 Å². The van der Waals surface area contributed by atoms with Gasteiger partial charge in [-0.05, 0) is 48.6 Å². The minimum absolute atomic E-state index is 0.423. The van der Waals surface area contributed by atoms with Crippen LogP contribution in [-0.4, -0.2) is 24.1 Å². The molecule has 0 saturated carbocycles. The van der Waals surface area contributed by atoms with Gasteiger partial charge in [-0.1, -0.05) is 42.5 Å². The van der Waals surface area contributed by atoms with Crippen LogP contribution in [0.5, 0.6) is 0 Å². The SMILES string of the molecule is Cc1ccc(N2C(=O)NC(=O)C(C=Nc3cccc4ccccc34)C2=O)cc1C. The van der Waals surface area contributed by atoms with Crippen molar-refractivity contribution >= 4 is 46.2 Å². The fraction of sp³-hybridized carbons (Fsp3) is 0.130. The number of rotatable bonds is 3. The van der Waals surface area contributed by atoms with Crippen molar-refractivity contribution in [1.82, 2.24) is 5.32 Å². The van der Waals surface area contributed by atoms with Crippen LogP contribution in [0.2, 0.25) is 0 Å². The lowest BCUT2D eigenvalue weighted by Crippen LogP contribution is -2.58. The van der Waals surface area contributed by atoms with Crippen molar-refractivity contribution in [2.45, 2.75) is 13.8 Å². The number of carbonyl (C=O) groups excluding carboxylic acids is 3. The van der Waals surface area contributed by atoms with Crippen LogP contribution >= 0.6 is 0 Å². The van der Waals surface area contributed by atoms with Crippen molar-refractivity contribution < 1.29 is 14.4 Å². The third-order valence-electron chi connectivity index (χ3n) is 5.08. The lowest BCUT2D eigenvalue weighted by atomic mass is 10.0. The topological polar surface area (TPSA) is 78.8 Å². The molecule has 1 aliphatic heterocycles. The zero-order chi connectivity index (χ0) is 20.5. The molecule has 1 heterocycles. The Morgan fingerprint density at radius 3 is 2.48 bits per heavy atom. The van der Waals surface area contributed by atoms with Crippen LogP contribution in [0.4, 0.5) is 16.2 Å². The van der Waals surface area contributed by atoms with Crippen molar-refractivity contribution in [2.75, 3.05) is 4.90 Å². The molecule has 4 rings (SSSR count). The zero-order valence-corrected chi connectivity index (χ0v) is 16.0. The number of hydrogen-bond acceptors (Lipinski definition) is 4. The first-order valence-electron chi connectivity index (χ1n) is 9.24. The van der Waals surface area contributed by atoms with Crippen molar-refractivity contribution in [3.63, 3.8) is 0 Å². The number of aliphatic imine (C=N–C) groups is 1. The molecular weight excluding hydrogens is 366 g/mol. The number of imide groups is 2. The van der Waals surface area contributed by atoms with Crippen molar-refractivity contribution in [2.24, 2.45) is 10.9 Å². The highest BCUT2D eigenvalue weighted by atomic mass is 16.2. The molecule has 6 heteroatoms. The Bertz CT molecular complexity index is 1180. The van der Waals surface area contributed by atoms with Crippen molar-refractivity contribution in [3.8, 4) is 0 Å². The number of barbiturate groups is 1. The Morgan fingerprint density at radius 1 is 0.931 bits per heavy atom. The first-order valence-corrected chi connectivity index (χ1v) is 9.24. The van der Waals surface area contributed by atoms with E-state index in [0.717, 1.165) is 26.8 Å². The highest BCUT2D eigenvalue weighted by Gasteiger charge is 2.40. The summed E-state index contributed by atoms with van der Waals surface area (Å²) in [6, 6.07) is 17.9. The van der Waals surface area contributed by atoms with E-state index in [1.54, 1.807) is 12.1 Å². The van der Waals surface area contributed by atoms with Gasteiger partial charge in [0.1, 0.15) is 0 Å². The number of nitrogens with one attached hydrogen (secondary N) is 1. The summed E-state index contributed by atoms with van der Waals surface area (Å²) in [6.07, 6.45) is 1.31. The summed E-state index contributed by atoms with van der Waals surface area (Å²) in [7, 11) is 0. The smallest absolute Gasteiger partial charge is 0.276 e. The summed E-state index contributed by atoms with van der Waals surface area (Å²) in [5, 5.41) is 4.17. The monoisotopic (exact) mass is 385 g/mol. The van der Waals surface area contributed by atoms with E-state index in [1.165, 1.54) is 6.21 Å². The zero-order valence-electron chi connectivity index (χ0n) is 16.0. The number of benzene rings is 3. The Labute approximate surface area is 167 Å². The van der Waals surface area contributed by atoms with Crippen LogP contribution in [0.1, 0.15) is 11.1 Å². The predicted octanol–water partition coefficient (Wildman–Crippen LogP) is 4.06. The third kappa shape index (κ3) is 3.40. The standard InChI is InChI=1S/C23H19N3O3/c1-14-10-11-17(12-15(14)2)26-22(28)19(21(27)25-23(26)29)13-24-20-9-5-7-16-6-3-4-8-18(16)20/h3-13,19H,1-2H3,(H,25,27,29). The van der Waals surface area contributed by atoms with Gasteiger partial charge in [-0.25, -0.2) is 9.69 Å². The molecule has 1 fully saturated rings. The quantitative estimate of drug-likeness (QED) is 0.545. The van der Waals surface area contributed by atoms with E-state index in [0.29, 0.717) is 11.4 Å². The van der Waals surface area contributed by atoms with Gasteiger partial charge in [-0.2, -0.15) is 0 Å². The van der Waals surface area contributed by atoms with Gasteiger partial charge in [-0.15, -0.1) is 0 Å². The molecule has 0 bridgehead atoms. The number of aryl methyl sites for hydroxylation is 2. The third-order valence-corrected chi connectivity index (χ3v) is 5.08. The lowest BCUT2D eigenvalue weighted by Gasteiger charge is -2.28. The highest BCUT2D eigenvalue weighted by molar-refractivity contribution is 6.32. The average molecular weight is 385 g/mol. The van der Waals surface area contributed by atoms with Gasteiger partial charge < -0.3 is 0 Å². The minimum Gasteiger partial charge on any atom is -0.276 e. The van der Waals surface area contributed by atoms with Crippen molar-refractivity contribution in [3.05, 3.63) is 71.8 Å². The second kappa shape index (κ2) is 7.31. The highest BCUT2D eigenvalue weighted by Crippen LogP contribution is 2.27. The number of urea groups is 1. The number of anilines is 1. The molecule has 1 atom stereocenters. The summed E-state index contributed by atoms with van der Waals surface area (Å²) in [5.41, 5.74) is 3.06. The molecule has 3 aromatic rings. The number of fused-ring (bicyclic) bond motifs is 1. The van der Waals surface area contributed by atoms with E-state index in [-0.39, 0.29) is 0 Å². The summed E-state index contributed by atoms with van der Waals surface area (Å²) in [4.78, 5) is 43.0. The van der Waals surface area contributed by atoms with Crippen LogP contribution < -0.4 is 10.2 Å². The number of hydrogen-bond donors (Lipinski definition) is 1. The summed E-state index contributed by atoms with van der Waals surface area (Å²) >= 11 is 0. The van der Waals surface area contributed by atoms with Gasteiger partial charge in [0.2, 0.25) is 5.91 Å². The first kappa shape index (κ1) is 18.6. The molecule has 4 amide bonds. The number of carbonyl (C=O) groups is 3. The lowest BCUT2D eigenvalue weighted by molar-refractivity contribution is -0.131. The van der Waals surface area contributed by atoms with Gasteiger partial charge in [0.15, 0.2) is 5.92 Å². The van der Waals surface area contributed by atoms with E-state index < -0.39 is 23.8 Å². The minimum atomic E-state index is -1.19. The molecule has 1 saturated heterocycles. The first-order chi connectivity index (χ1) is 14.0. The van der Waals surface area contributed by atoms with Crippen LogP contribution in [0, 0.1) is 19.8 Å². The van der Waals surface area contributed by atoms with Crippen molar-refractivity contribution in [1.29, 1.82) is 0 Å². The molecule has 0 spiro atoms. The Morgan fingerprint density at radius 2 is 1.69 bits per heavy atom. The molecule has 0 radical (unpaired) electrons. The summed E-state index contributed by atoms with van der Waals surface area (Å²) in [6.45, 7) is 3.84. The normalized spacial score (nSPS) is 17.2. The van der Waals surface area contributed by atoms with Crippen LogP contribution in [0.3, 0.4) is 0 Å². The Hall–Kier alpha value is -3.80. The average Bonchev–Trinajstić information content (AvgIpc) is 2.70.